The highest BCUT2D eigenvalue weighted by molar-refractivity contribution is 6.21. The molecular weight excluding hydrogens is 384 g/mol. The van der Waals surface area contributed by atoms with Gasteiger partial charge < -0.3 is 20.4 Å². The fourth-order valence-electron chi connectivity index (χ4n) is 6.88. The zero-order valence-corrected chi connectivity index (χ0v) is 16.8. The fourth-order valence-corrected chi connectivity index (χ4v) is 7.38. The summed E-state index contributed by atoms with van der Waals surface area (Å²) in [4.78, 5) is 24.3. The molecule has 0 radical (unpaired) electrons. The Hall–Kier alpha value is -1.05. The quantitative estimate of drug-likeness (QED) is 0.499. The van der Waals surface area contributed by atoms with E-state index in [1.807, 2.05) is 13.0 Å². The fraction of sp³-hybridized carbons (Fsp3) is 0.714. The molecule has 6 nitrogen and oxygen atoms in total. The van der Waals surface area contributed by atoms with Crippen LogP contribution in [-0.4, -0.2) is 61.8 Å². The van der Waals surface area contributed by atoms with Gasteiger partial charge in [0.15, 0.2) is 17.2 Å². The zero-order valence-electron chi connectivity index (χ0n) is 16.0. The first kappa shape index (κ1) is 20.2. The third-order valence-corrected chi connectivity index (χ3v) is 8.72. The summed E-state index contributed by atoms with van der Waals surface area (Å²) in [5.41, 5.74) is -2.88. The number of aliphatic hydroxyl groups excluding tert-OH is 3. The van der Waals surface area contributed by atoms with Gasteiger partial charge >= 0.3 is 0 Å². The Labute approximate surface area is 168 Å². The minimum Gasteiger partial charge on any atom is -0.393 e. The standard InChI is InChI=1S/C21H27ClO6/c1-19-4-3-11(24)5-10(19)6-13(22)17-12-7-15(26)21(28,16(27)9-23)20(12,2)8-14(25)18(17)19/h3-5,12-15,17-18,23,25-26,28H,6-9H2,1-2H3/t12-,13+,14-,15+,17+,18-,19-,20-,21-/m0/s1. The van der Waals surface area contributed by atoms with E-state index < -0.39 is 46.4 Å². The van der Waals surface area contributed by atoms with E-state index in [0.717, 1.165) is 5.57 Å². The van der Waals surface area contributed by atoms with Gasteiger partial charge in [-0.3, -0.25) is 9.59 Å². The average molecular weight is 411 g/mol. The molecule has 0 aromatic carbocycles. The van der Waals surface area contributed by atoms with Crippen LogP contribution in [0.25, 0.3) is 0 Å². The molecule has 0 spiro atoms. The number of carbonyl (C=O) groups excluding carboxylic acids is 2. The van der Waals surface area contributed by atoms with Gasteiger partial charge in [-0.1, -0.05) is 25.5 Å². The van der Waals surface area contributed by atoms with Crippen molar-refractivity contribution in [2.45, 2.75) is 56.3 Å². The van der Waals surface area contributed by atoms with Crippen molar-refractivity contribution in [2.75, 3.05) is 6.61 Å². The van der Waals surface area contributed by atoms with Crippen molar-refractivity contribution >= 4 is 23.2 Å². The Morgan fingerprint density at radius 2 is 2.00 bits per heavy atom. The van der Waals surface area contributed by atoms with Crippen molar-refractivity contribution in [3.8, 4) is 0 Å². The van der Waals surface area contributed by atoms with Gasteiger partial charge in [0.2, 0.25) is 0 Å². The number of ketones is 2. The monoisotopic (exact) mass is 410 g/mol. The lowest BCUT2D eigenvalue weighted by Gasteiger charge is -2.60. The molecule has 9 atom stereocenters. The first-order valence-electron chi connectivity index (χ1n) is 9.81. The Kier molecular flexibility index (Phi) is 4.50. The molecule has 0 bridgehead atoms. The number of halogens is 1. The maximum absolute atomic E-state index is 12.4. The highest BCUT2D eigenvalue weighted by atomic mass is 35.5. The first-order valence-corrected chi connectivity index (χ1v) is 10.3. The van der Waals surface area contributed by atoms with E-state index in [1.165, 1.54) is 6.08 Å². The number of hydrogen-bond donors (Lipinski definition) is 4. The van der Waals surface area contributed by atoms with Crippen LogP contribution >= 0.6 is 11.6 Å². The number of Topliss-reactive ketones (excluding diaryl/α,β-unsaturated/α-hetero) is 1. The highest BCUT2D eigenvalue weighted by Crippen LogP contribution is 2.67. The van der Waals surface area contributed by atoms with Crippen LogP contribution in [0.15, 0.2) is 23.8 Å². The van der Waals surface area contributed by atoms with Gasteiger partial charge in [-0.25, -0.2) is 0 Å². The van der Waals surface area contributed by atoms with Gasteiger partial charge in [0.25, 0.3) is 0 Å². The number of aliphatic hydroxyl groups is 4. The van der Waals surface area contributed by atoms with Gasteiger partial charge in [0.1, 0.15) is 6.61 Å². The third kappa shape index (κ3) is 2.30. The molecule has 0 amide bonds. The van der Waals surface area contributed by atoms with Crippen LogP contribution in [0.1, 0.15) is 33.1 Å². The summed E-state index contributed by atoms with van der Waals surface area (Å²) in [7, 11) is 0. The Morgan fingerprint density at radius 3 is 2.64 bits per heavy atom. The first-order chi connectivity index (χ1) is 13.0. The van der Waals surface area contributed by atoms with Crippen molar-refractivity contribution in [1.29, 1.82) is 0 Å². The normalized spacial score (nSPS) is 52.5. The summed E-state index contributed by atoms with van der Waals surface area (Å²) in [6.07, 6.45) is 3.49. The smallest absolute Gasteiger partial charge is 0.192 e. The van der Waals surface area contributed by atoms with Crippen molar-refractivity contribution in [1.82, 2.24) is 0 Å². The van der Waals surface area contributed by atoms with Gasteiger partial charge in [-0.2, -0.15) is 0 Å². The SMILES string of the molecule is C[C@]12C=CC(=O)C=C1C[C@@H](Cl)[C@@H]1[C@@H]2[C@@H](O)C[C@@]2(C)[C@H]1C[C@@H](O)[C@]2(O)C(=O)CO. The van der Waals surface area contributed by atoms with E-state index in [2.05, 4.69) is 0 Å². The largest absolute Gasteiger partial charge is 0.393 e. The second-order valence-electron chi connectivity index (χ2n) is 9.41. The molecule has 3 fully saturated rings. The lowest BCUT2D eigenvalue weighted by molar-refractivity contribution is -0.189. The van der Waals surface area contributed by atoms with Crippen LogP contribution < -0.4 is 0 Å². The average Bonchev–Trinajstić information content (AvgIpc) is 2.83. The summed E-state index contributed by atoms with van der Waals surface area (Å²) in [5.74, 6) is -1.78. The van der Waals surface area contributed by atoms with Crippen LogP contribution in [0.4, 0.5) is 0 Å². The Bertz CT molecular complexity index is 792. The Morgan fingerprint density at radius 1 is 1.32 bits per heavy atom. The molecule has 0 aliphatic heterocycles. The molecule has 3 saturated carbocycles. The maximum Gasteiger partial charge on any atom is 0.192 e. The van der Waals surface area contributed by atoms with Gasteiger partial charge in [-0.05, 0) is 43.3 Å². The number of rotatable bonds is 2. The topological polar surface area (TPSA) is 115 Å². The van der Waals surface area contributed by atoms with Crippen molar-refractivity contribution in [2.24, 2.45) is 28.6 Å². The molecule has 0 unspecified atom stereocenters. The molecule has 4 N–H and O–H groups in total. The van der Waals surface area contributed by atoms with Crippen molar-refractivity contribution in [3.05, 3.63) is 23.8 Å². The summed E-state index contributed by atoms with van der Waals surface area (Å²) >= 11 is 6.78. The summed E-state index contributed by atoms with van der Waals surface area (Å²) in [6.45, 7) is 2.82. The number of fused-ring (bicyclic) bond motifs is 5. The summed E-state index contributed by atoms with van der Waals surface area (Å²) < 4.78 is 0. The molecule has 0 heterocycles. The van der Waals surface area contributed by atoms with Crippen LogP contribution in [0.2, 0.25) is 0 Å². The van der Waals surface area contributed by atoms with Gasteiger partial charge in [0.05, 0.1) is 12.2 Å². The van der Waals surface area contributed by atoms with E-state index in [-0.39, 0.29) is 36.4 Å². The molecule has 28 heavy (non-hydrogen) atoms. The van der Waals surface area contributed by atoms with Crippen LogP contribution in [0.3, 0.4) is 0 Å². The molecular formula is C21H27ClO6. The number of alkyl halides is 1. The van der Waals surface area contributed by atoms with E-state index in [4.69, 9.17) is 11.6 Å². The maximum atomic E-state index is 12.4. The molecule has 7 heteroatoms. The van der Waals surface area contributed by atoms with Crippen LogP contribution in [0, 0.1) is 28.6 Å². The second kappa shape index (κ2) is 6.22. The van der Waals surface area contributed by atoms with Crippen molar-refractivity contribution < 1.29 is 30.0 Å². The molecule has 4 aliphatic carbocycles. The van der Waals surface area contributed by atoms with Crippen LogP contribution in [0.5, 0.6) is 0 Å². The predicted octanol–water partition coefficient (Wildman–Crippen LogP) is 0.746. The molecule has 154 valence electrons. The minimum absolute atomic E-state index is 0.0934. The molecule has 0 saturated heterocycles. The zero-order chi connectivity index (χ0) is 20.6. The second-order valence-corrected chi connectivity index (χ2v) is 9.97. The van der Waals surface area contributed by atoms with Gasteiger partial charge in [0, 0.05) is 22.1 Å². The Balaban J connectivity index is 1.82. The van der Waals surface area contributed by atoms with E-state index in [1.54, 1.807) is 13.0 Å². The molecule has 0 aromatic heterocycles. The highest BCUT2D eigenvalue weighted by Gasteiger charge is 2.72. The summed E-state index contributed by atoms with van der Waals surface area (Å²) in [6, 6.07) is 0. The third-order valence-electron chi connectivity index (χ3n) is 8.27. The molecule has 0 aromatic rings. The predicted molar refractivity (Wildman–Crippen MR) is 101 cm³/mol. The lowest BCUT2D eigenvalue weighted by atomic mass is 9.46. The molecule has 4 aliphatic rings. The minimum atomic E-state index is -2.12. The van der Waals surface area contributed by atoms with E-state index >= 15 is 0 Å². The van der Waals surface area contributed by atoms with Crippen LogP contribution in [-0.2, 0) is 9.59 Å². The lowest BCUT2D eigenvalue weighted by Crippen LogP contribution is -2.65. The van der Waals surface area contributed by atoms with Crippen molar-refractivity contribution in [3.63, 3.8) is 0 Å². The van der Waals surface area contributed by atoms with E-state index in [9.17, 15) is 30.0 Å². The number of carbonyl (C=O) groups is 2. The number of hydrogen-bond acceptors (Lipinski definition) is 6. The van der Waals surface area contributed by atoms with Gasteiger partial charge in [-0.15, -0.1) is 11.6 Å². The molecule has 4 rings (SSSR count). The van der Waals surface area contributed by atoms with E-state index in [0.29, 0.717) is 6.42 Å². The summed E-state index contributed by atoms with van der Waals surface area (Å²) in [5, 5.41) is 42.1. The number of allylic oxidation sites excluding steroid dienone is 4.